The lowest BCUT2D eigenvalue weighted by Gasteiger charge is -2.07. The first-order valence-corrected chi connectivity index (χ1v) is 6.29. The molecule has 7 heteroatoms. The van der Waals surface area contributed by atoms with Gasteiger partial charge < -0.3 is 4.74 Å². The Hall–Kier alpha value is -0.550. The van der Waals surface area contributed by atoms with Crippen LogP contribution in [0.1, 0.15) is 0 Å². The standard InChI is InChI=1S/C10H4BrCl3N2O/c11-9-3-10(16-4-15-9)17-8-2-6(13)5(12)1-7(8)14/h1-4H. The number of ether oxygens (including phenoxy) is 1. The summed E-state index contributed by atoms with van der Waals surface area (Å²) >= 11 is 20.9. The first kappa shape index (κ1) is 12.9. The van der Waals surface area contributed by atoms with E-state index in [9.17, 15) is 0 Å². The maximum atomic E-state index is 5.97. The fourth-order valence-electron chi connectivity index (χ4n) is 1.07. The summed E-state index contributed by atoms with van der Waals surface area (Å²) in [6.07, 6.45) is 1.37. The third-order valence-electron chi connectivity index (χ3n) is 1.80. The molecule has 0 aliphatic heterocycles. The number of rotatable bonds is 2. The number of nitrogens with zero attached hydrogens (tertiary/aromatic N) is 2. The minimum absolute atomic E-state index is 0.354. The van der Waals surface area contributed by atoms with Crippen molar-refractivity contribution in [3.63, 3.8) is 0 Å². The van der Waals surface area contributed by atoms with Crippen LogP contribution in [-0.4, -0.2) is 9.97 Å². The number of hydrogen-bond donors (Lipinski definition) is 0. The van der Waals surface area contributed by atoms with Crippen LogP contribution in [0.5, 0.6) is 11.6 Å². The van der Waals surface area contributed by atoms with Crippen LogP contribution in [-0.2, 0) is 0 Å². The molecule has 1 aromatic heterocycles. The molecule has 0 amide bonds. The summed E-state index contributed by atoms with van der Waals surface area (Å²) in [5.41, 5.74) is 0. The first-order chi connectivity index (χ1) is 8.06. The zero-order chi connectivity index (χ0) is 12.4. The van der Waals surface area contributed by atoms with Crippen LogP contribution in [0.2, 0.25) is 15.1 Å². The molecule has 2 aromatic rings. The van der Waals surface area contributed by atoms with E-state index in [1.165, 1.54) is 18.5 Å². The topological polar surface area (TPSA) is 35.0 Å². The molecule has 1 aromatic carbocycles. The van der Waals surface area contributed by atoms with Crippen LogP contribution >= 0.6 is 50.7 Å². The summed E-state index contributed by atoms with van der Waals surface area (Å²) in [5.74, 6) is 0.735. The zero-order valence-electron chi connectivity index (χ0n) is 8.12. The number of benzene rings is 1. The van der Waals surface area contributed by atoms with Crippen molar-refractivity contribution in [1.29, 1.82) is 0 Å². The smallest absolute Gasteiger partial charge is 0.223 e. The normalized spacial score (nSPS) is 10.4. The third-order valence-corrected chi connectivity index (χ3v) is 3.25. The lowest BCUT2D eigenvalue weighted by atomic mass is 10.3. The minimum Gasteiger partial charge on any atom is -0.437 e. The highest BCUT2D eigenvalue weighted by Crippen LogP contribution is 2.35. The van der Waals surface area contributed by atoms with Crippen LogP contribution in [0.25, 0.3) is 0 Å². The van der Waals surface area contributed by atoms with Gasteiger partial charge in [-0.1, -0.05) is 34.8 Å². The molecule has 0 N–H and O–H groups in total. The van der Waals surface area contributed by atoms with Gasteiger partial charge in [0.25, 0.3) is 0 Å². The summed E-state index contributed by atoms with van der Waals surface area (Å²) in [6, 6.07) is 4.65. The Morgan fingerprint density at radius 1 is 0.941 bits per heavy atom. The Kier molecular flexibility index (Phi) is 4.09. The van der Waals surface area contributed by atoms with Crippen molar-refractivity contribution < 1.29 is 4.74 Å². The largest absolute Gasteiger partial charge is 0.437 e. The van der Waals surface area contributed by atoms with Gasteiger partial charge in [0.15, 0.2) is 0 Å². The molecule has 0 fully saturated rings. The minimum atomic E-state index is 0.354. The van der Waals surface area contributed by atoms with Crippen LogP contribution in [0.4, 0.5) is 0 Å². The number of halogens is 4. The maximum absolute atomic E-state index is 5.97. The predicted octanol–water partition coefficient (Wildman–Crippen LogP) is 4.99. The highest BCUT2D eigenvalue weighted by atomic mass is 79.9. The van der Waals surface area contributed by atoms with Gasteiger partial charge in [0.05, 0.1) is 15.1 Å². The van der Waals surface area contributed by atoms with Gasteiger partial charge in [-0.3, -0.25) is 0 Å². The van der Waals surface area contributed by atoms with E-state index >= 15 is 0 Å². The van der Waals surface area contributed by atoms with Gasteiger partial charge in [0.2, 0.25) is 5.88 Å². The molecule has 0 radical (unpaired) electrons. The number of hydrogen-bond acceptors (Lipinski definition) is 3. The Morgan fingerprint density at radius 3 is 2.35 bits per heavy atom. The molecule has 0 aliphatic carbocycles. The van der Waals surface area contributed by atoms with Gasteiger partial charge in [-0.2, -0.15) is 0 Å². The molecule has 2 rings (SSSR count). The number of aromatic nitrogens is 2. The highest BCUT2D eigenvalue weighted by molar-refractivity contribution is 9.10. The van der Waals surface area contributed by atoms with E-state index < -0.39 is 0 Å². The van der Waals surface area contributed by atoms with Crippen molar-refractivity contribution >= 4 is 50.7 Å². The predicted molar refractivity (Wildman–Crippen MR) is 71.3 cm³/mol. The van der Waals surface area contributed by atoms with E-state index in [1.54, 1.807) is 6.07 Å². The second kappa shape index (κ2) is 5.40. The molecule has 0 spiro atoms. The lowest BCUT2D eigenvalue weighted by molar-refractivity contribution is 0.461. The molecule has 0 saturated heterocycles. The SMILES string of the molecule is Clc1cc(Cl)c(Oc2cc(Br)ncn2)cc1Cl. The van der Waals surface area contributed by atoms with E-state index in [2.05, 4.69) is 25.9 Å². The maximum Gasteiger partial charge on any atom is 0.223 e. The fraction of sp³-hybridized carbons (Fsp3) is 0. The highest BCUT2D eigenvalue weighted by Gasteiger charge is 2.09. The molecular weight excluding hydrogens is 350 g/mol. The van der Waals surface area contributed by atoms with E-state index in [-0.39, 0.29) is 0 Å². The molecule has 0 saturated carbocycles. The Balaban J connectivity index is 2.33. The zero-order valence-corrected chi connectivity index (χ0v) is 12.0. The van der Waals surface area contributed by atoms with E-state index in [0.717, 1.165) is 0 Å². The Bertz CT molecular complexity index is 565. The summed E-state index contributed by atoms with van der Waals surface area (Å²) in [4.78, 5) is 7.81. The quantitative estimate of drug-likeness (QED) is 0.563. The first-order valence-electron chi connectivity index (χ1n) is 4.36. The van der Waals surface area contributed by atoms with Gasteiger partial charge in [0, 0.05) is 12.1 Å². The summed E-state index contributed by atoms with van der Waals surface area (Å²) < 4.78 is 6.08. The molecule has 0 aliphatic rings. The molecular formula is C10H4BrCl3N2O. The van der Waals surface area contributed by atoms with Gasteiger partial charge in [-0.25, -0.2) is 9.97 Å². The monoisotopic (exact) mass is 352 g/mol. The van der Waals surface area contributed by atoms with Crippen LogP contribution in [0.3, 0.4) is 0 Å². The average Bonchev–Trinajstić information content (AvgIpc) is 2.26. The van der Waals surface area contributed by atoms with E-state index in [1.807, 2.05) is 0 Å². The molecule has 0 bridgehead atoms. The molecule has 0 atom stereocenters. The average molecular weight is 354 g/mol. The summed E-state index contributed by atoms with van der Waals surface area (Å²) in [7, 11) is 0. The molecule has 1 heterocycles. The van der Waals surface area contributed by atoms with Crippen molar-refractivity contribution in [3.8, 4) is 11.6 Å². The van der Waals surface area contributed by atoms with Gasteiger partial charge in [0.1, 0.15) is 16.7 Å². The third kappa shape index (κ3) is 3.22. The van der Waals surface area contributed by atoms with Crippen LogP contribution in [0, 0.1) is 0 Å². The van der Waals surface area contributed by atoms with Crippen LogP contribution < -0.4 is 4.74 Å². The Morgan fingerprint density at radius 2 is 1.65 bits per heavy atom. The lowest BCUT2D eigenvalue weighted by Crippen LogP contribution is -1.90. The van der Waals surface area contributed by atoms with Gasteiger partial charge >= 0.3 is 0 Å². The van der Waals surface area contributed by atoms with Crippen LogP contribution in [0.15, 0.2) is 29.1 Å². The van der Waals surface area contributed by atoms with Crippen molar-refractivity contribution in [2.45, 2.75) is 0 Å². The molecule has 3 nitrogen and oxygen atoms in total. The summed E-state index contributed by atoms with van der Waals surface area (Å²) in [5, 5.41) is 1.08. The van der Waals surface area contributed by atoms with Crippen molar-refractivity contribution in [3.05, 3.63) is 44.2 Å². The second-order valence-electron chi connectivity index (χ2n) is 2.98. The molecule has 17 heavy (non-hydrogen) atoms. The molecule has 0 unspecified atom stereocenters. The van der Waals surface area contributed by atoms with Crippen molar-refractivity contribution in [2.24, 2.45) is 0 Å². The van der Waals surface area contributed by atoms with Crippen molar-refractivity contribution in [1.82, 2.24) is 9.97 Å². The van der Waals surface area contributed by atoms with Crippen molar-refractivity contribution in [2.75, 3.05) is 0 Å². The molecule has 88 valence electrons. The summed E-state index contributed by atoms with van der Waals surface area (Å²) in [6.45, 7) is 0. The van der Waals surface area contributed by atoms with E-state index in [0.29, 0.717) is 31.3 Å². The Labute approximate surface area is 121 Å². The fourth-order valence-corrected chi connectivity index (χ4v) is 1.93. The van der Waals surface area contributed by atoms with Gasteiger partial charge in [-0.05, 0) is 22.0 Å². The second-order valence-corrected chi connectivity index (χ2v) is 5.01. The van der Waals surface area contributed by atoms with E-state index in [4.69, 9.17) is 39.5 Å². The van der Waals surface area contributed by atoms with Gasteiger partial charge in [-0.15, -0.1) is 0 Å².